The van der Waals surface area contributed by atoms with Gasteiger partial charge in [-0.3, -0.25) is 4.79 Å². The van der Waals surface area contributed by atoms with E-state index >= 15 is 0 Å². The van der Waals surface area contributed by atoms with Crippen LogP contribution in [0.25, 0.3) is 0 Å². The molecular weight excluding hydrogens is 128 g/mol. The fraction of sp³-hybridized carbons (Fsp3) is 0.857. The molecule has 2 fully saturated rings. The highest BCUT2D eigenvalue weighted by Gasteiger charge is 2.46. The minimum absolute atomic E-state index is 0.141. The smallest absolute Gasteiger partial charge is 0.242 e. The van der Waals surface area contributed by atoms with E-state index in [1.54, 1.807) is 0 Å². The Hall–Kier alpha value is -0.570. The van der Waals surface area contributed by atoms with Crippen molar-refractivity contribution >= 4 is 5.91 Å². The number of nitrogens with one attached hydrogen (secondary N) is 2. The molecule has 10 heavy (non-hydrogen) atoms. The molecule has 2 N–H and O–H groups in total. The zero-order chi connectivity index (χ0) is 7.03. The maximum absolute atomic E-state index is 11.0. The third-order valence-corrected chi connectivity index (χ3v) is 2.48. The minimum Gasteiger partial charge on any atom is -0.352 e. The van der Waals surface area contributed by atoms with E-state index in [4.69, 9.17) is 0 Å². The Morgan fingerprint density at radius 3 is 2.60 bits per heavy atom. The van der Waals surface area contributed by atoms with E-state index in [0.717, 1.165) is 19.5 Å². The Morgan fingerprint density at radius 1 is 1.40 bits per heavy atom. The van der Waals surface area contributed by atoms with Gasteiger partial charge >= 0.3 is 0 Å². The lowest BCUT2D eigenvalue weighted by Crippen LogP contribution is -2.73. The third kappa shape index (κ3) is 0.669. The molecule has 0 saturated carbocycles. The first-order chi connectivity index (χ1) is 4.83. The monoisotopic (exact) mass is 140 g/mol. The number of β-lactam (4-membered cyclic amide) rings is 1. The van der Waals surface area contributed by atoms with Gasteiger partial charge in [0, 0.05) is 6.54 Å². The summed E-state index contributed by atoms with van der Waals surface area (Å²) in [4.78, 5) is 11.0. The van der Waals surface area contributed by atoms with Crippen molar-refractivity contribution in [2.45, 2.75) is 24.8 Å². The van der Waals surface area contributed by atoms with Crippen LogP contribution in [0.3, 0.4) is 0 Å². The van der Waals surface area contributed by atoms with Crippen LogP contribution < -0.4 is 10.6 Å². The molecule has 1 spiro atoms. The normalized spacial score (nSPS) is 39.0. The lowest BCUT2D eigenvalue weighted by atomic mass is 9.83. The first-order valence-corrected chi connectivity index (χ1v) is 3.87. The fourth-order valence-electron chi connectivity index (χ4n) is 1.69. The number of carbonyl (C=O) groups excluding carboxylic acids is 1. The lowest BCUT2D eigenvalue weighted by Gasteiger charge is -2.44. The summed E-state index contributed by atoms with van der Waals surface area (Å²) < 4.78 is 0. The zero-order valence-corrected chi connectivity index (χ0v) is 5.94. The van der Waals surface area contributed by atoms with E-state index in [2.05, 4.69) is 10.6 Å². The van der Waals surface area contributed by atoms with Crippen molar-refractivity contribution < 1.29 is 4.79 Å². The highest BCUT2D eigenvalue weighted by molar-refractivity contribution is 5.92. The number of amides is 1. The van der Waals surface area contributed by atoms with E-state index in [0.29, 0.717) is 0 Å². The van der Waals surface area contributed by atoms with Crippen LogP contribution in [0.5, 0.6) is 0 Å². The van der Waals surface area contributed by atoms with E-state index < -0.39 is 0 Å². The fourth-order valence-corrected chi connectivity index (χ4v) is 1.69. The highest BCUT2D eigenvalue weighted by atomic mass is 16.2. The van der Waals surface area contributed by atoms with Crippen molar-refractivity contribution in [3.05, 3.63) is 0 Å². The van der Waals surface area contributed by atoms with E-state index in [9.17, 15) is 4.79 Å². The number of hydrogen-bond acceptors (Lipinski definition) is 2. The van der Waals surface area contributed by atoms with Crippen LogP contribution in [0.1, 0.15) is 19.3 Å². The molecule has 0 bridgehead atoms. The van der Waals surface area contributed by atoms with Gasteiger partial charge in [0.2, 0.25) is 5.91 Å². The van der Waals surface area contributed by atoms with Crippen molar-refractivity contribution in [3.8, 4) is 0 Å². The van der Waals surface area contributed by atoms with Crippen LogP contribution in [-0.2, 0) is 4.79 Å². The molecule has 2 heterocycles. The Kier molecular flexibility index (Phi) is 1.20. The average Bonchev–Trinajstić information content (AvgIpc) is 2.04. The van der Waals surface area contributed by atoms with Gasteiger partial charge in [-0.25, -0.2) is 0 Å². The average molecular weight is 140 g/mol. The predicted molar refractivity (Wildman–Crippen MR) is 37.6 cm³/mol. The summed E-state index contributed by atoms with van der Waals surface area (Å²) in [5, 5.41) is 6.04. The van der Waals surface area contributed by atoms with E-state index in [1.165, 1.54) is 12.8 Å². The summed E-state index contributed by atoms with van der Waals surface area (Å²) in [7, 11) is 0. The first kappa shape index (κ1) is 6.16. The summed E-state index contributed by atoms with van der Waals surface area (Å²) in [6, 6.07) is 0. The molecule has 0 aliphatic carbocycles. The highest BCUT2D eigenvalue weighted by Crippen LogP contribution is 2.23. The van der Waals surface area contributed by atoms with Gasteiger partial charge in [-0.2, -0.15) is 0 Å². The maximum atomic E-state index is 11.0. The summed E-state index contributed by atoms with van der Waals surface area (Å²) in [6.45, 7) is 1.85. The lowest BCUT2D eigenvalue weighted by molar-refractivity contribution is -0.136. The minimum atomic E-state index is -0.141. The van der Waals surface area contributed by atoms with E-state index in [-0.39, 0.29) is 11.4 Å². The molecule has 2 rings (SSSR count). The van der Waals surface area contributed by atoms with Crippen molar-refractivity contribution in [2.24, 2.45) is 0 Å². The molecular formula is C7H12N2O. The number of rotatable bonds is 0. The maximum Gasteiger partial charge on any atom is 0.242 e. The molecule has 1 atom stereocenters. The molecule has 2 aliphatic rings. The molecule has 0 radical (unpaired) electrons. The van der Waals surface area contributed by atoms with Gasteiger partial charge in [0.25, 0.3) is 0 Å². The van der Waals surface area contributed by atoms with Crippen LogP contribution >= 0.6 is 0 Å². The van der Waals surface area contributed by atoms with Crippen LogP contribution in [0, 0.1) is 0 Å². The van der Waals surface area contributed by atoms with Gasteiger partial charge in [-0.15, -0.1) is 0 Å². The van der Waals surface area contributed by atoms with Crippen LogP contribution in [0.4, 0.5) is 0 Å². The summed E-state index contributed by atoms with van der Waals surface area (Å²) in [5.41, 5.74) is -0.141. The molecule has 1 amide bonds. The van der Waals surface area contributed by atoms with Crippen LogP contribution in [0.15, 0.2) is 0 Å². The van der Waals surface area contributed by atoms with Crippen LogP contribution in [-0.4, -0.2) is 24.5 Å². The molecule has 2 aliphatic heterocycles. The second kappa shape index (κ2) is 1.95. The molecule has 1 unspecified atom stereocenters. The van der Waals surface area contributed by atoms with Gasteiger partial charge < -0.3 is 10.6 Å². The SMILES string of the molecule is O=C1NCC12CCCCN2. The van der Waals surface area contributed by atoms with E-state index in [1.807, 2.05) is 0 Å². The summed E-state index contributed by atoms with van der Waals surface area (Å²) in [5.74, 6) is 0.201. The third-order valence-electron chi connectivity index (χ3n) is 2.48. The molecule has 0 aromatic carbocycles. The van der Waals surface area contributed by atoms with Gasteiger partial charge in [0.1, 0.15) is 5.54 Å². The largest absolute Gasteiger partial charge is 0.352 e. The second-order valence-electron chi connectivity index (χ2n) is 3.15. The number of carbonyl (C=O) groups is 1. The van der Waals surface area contributed by atoms with Crippen molar-refractivity contribution in [1.29, 1.82) is 0 Å². The Labute approximate surface area is 60.2 Å². The molecule has 0 aromatic rings. The standard InChI is InChI=1S/C7H12N2O/c10-6-7(5-8-6)3-1-2-4-9-7/h9H,1-5H2,(H,8,10). The Balaban J connectivity index is 2.06. The number of piperidine rings is 1. The summed E-state index contributed by atoms with van der Waals surface area (Å²) in [6.07, 6.45) is 3.44. The van der Waals surface area contributed by atoms with Crippen molar-refractivity contribution in [1.82, 2.24) is 10.6 Å². The number of hydrogen-bond donors (Lipinski definition) is 2. The van der Waals surface area contributed by atoms with Gasteiger partial charge in [-0.05, 0) is 25.8 Å². The van der Waals surface area contributed by atoms with Gasteiger partial charge in [-0.1, -0.05) is 0 Å². The van der Waals surface area contributed by atoms with Gasteiger partial charge in [0.05, 0.1) is 0 Å². The van der Waals surface area contributed by atoms with Crippen molar-refractivity contribution in [3.63, 3.8) is 0 Å². The van der Waals surface area contributed by atoms with Crippen LogP contribution in [0.2, 0.25) is 0 Å². The second-order valence-corrected chi connectivity index (χ2v) is 3.15. The summed E-state index contributed by atoms with van der Waals surface area (Å²) >= 11 is 0. The molecule has 56 valence electrons. The first-order valence-electron chi connectivity index (χ1n) is 3.87. The van der Waals surface area contributed by atoms with Crippen molar-refractivity contribution in [2.75, 3.05) is 13.1 Å². The quantitative estimate of drug-likeness (QED) is 0.451. The Bertz CT molecular complexity index is 161. The molecule has 0 aromatic heterocycles. The zero-order valence-electron chi connectivity index (χ0n) is 5.94. The molecule has 2 saturated heterocycles. The molecule has 3 heteroatoms. The topological polar surface area (TPSA) is 41.1 Å². The Morgan fingerprint density at radius 2 is 2.30 bits per heavy atom. The molecule has 3 nitrogen and oxygen atoms in total. The predicted octanol–water partition coefficient (Wildman–Crippen LogP) is -0.372. The van der Waals surface area contributed by atoms with Gasteiger partial charge in [0.15, 0.2) is 0 Å².